The number of ether oxygens (including phenoxy) is 1. The van der Waals surface area contributed by atoms with Gasteiger partial charge in [-0.05, 0) is 31.4 Å². The smallest absolute Gasteiger partial charge is 0.244 e. The molecule has 0 saturated carbocycles. The van der Waals surface area contributed by atoms with Crippen LogP contribution in [-0.4, -0.2) is 30.3 Å². The quantitative estimate of drug-likeness (QED) is 0.724. The summed E-state index contributed by atoms with van der Waals surface area (Å²) in [6.07, 6.45) is 3.81. The SMILES string of the molecule is CCOc1ccccc1/C=C/C(=O)NC(CCO)C(C)C. The Hall–Kier alpha value is -1.81. The van der Waals surface area contributed by atoms with Crippen molar-refractivity contribution in [3.63, 3.8) is 0 Å². The second-order valence-electron chi connectivity index (χ2n) is 5.18. The molecule has 116 valence electrons. The molecule has 0 aliphatic heterocycles. The minimum atomic E-state index is -0.159. The molecule has 0 bridgehead atoms. The van der Waals surface area contributed by atoms with Crippen molar-refractivity contribution in [2.24, 2.45) is 5.92 Å². The van der Waals surface area contributed by atoms with Crippen LogP contribution in [0.2, 0.25) is 0 Å². The summed E-state index contributed by atoms with van der Waals surface area (Å²) in [6, 6.07) is 7.57. The number of amides is 1. The number of benzene rings is 1. The molecule has 0 spiro atoms. The summed E-state index contributed by atoms with van der Waals surface area (Å²) in [5.74, 6) is 0.887. The molecule has 1 amide bonds. The first-order valence-corrected chi connectivity index (χ1v) is 7.39. The Bertz CT molecular complexity index is 469. The molecular weight excluding hydrogens is 266 g/mol. The molecule has 0 radical (unpaired) electrons. The molecule has 1 rings (SSSR count). The average Bonchev–Trinajstić information content (AvgIpc) is 2.46. The first kappa shape index (κ1) is 17.2. The van der Waals surface area contributed by atoms with Crippen LogP contribution in [0.5, 0.6) is 5.75 Å². The van der Waals surface area contributed by atoms with Gasteiger partial charge in [-0.3, -0.25) is 4.79 Å². The van der Waals surface area contributed by atoms with Crippen molar-refractivity contribution in [3.05, 3.63) is 35.9 Å². The predicted molar refractivity (Wildman–Crippen MR) is 85.1 cm³/mol. The number of carbonyl (C=O) groups is 1. The fourth-order valence-corrected chi connectivity index (χ4v) is 2.01. The van der Waals surface area contributed by atoms with E-state index in [9.17, 15) is 4.79 Å². The highest BCUT2D eigenvalue weighted by molar-refractivity contribution is 5.92. The molecule has 1 unspecified atom stereocenters. The third kappa shape index (κ3) is 6.00. The zero-order valence-electron chi connectivity index (χ0n) is 13.0. The van der Waals surface area contributed by atoms with Gasteiger partial charge in [0.25, 0.3) is 0 Å². The number of aliphatic hydroxyl groups is 1. The molecule has 0 saturated heterocycles. The lowest BCUT2D eigenvalue weighted by Crippen LogP contribution is -2.38. The van der Waals surface area contributed by atoms with Crippen LogP contribution in [-0.2, 0) is 4.79 Å². The third-order valence-corrected chi connectivity index (χ3v) is 3.21. The van der Waals surface area contributed by atoms with Crippen molar-refractivity contribution in [1.29, 1.82) is 0 Å². The molecule has 0 heterocycles. The van der Waals surface area contributed by atoms with E-state index in [4.69, 9.17) is 9.84 Å². The Morgan fingerprint density at radius 3 is 2.71 bits per heavy atom. The van der Waals surface area contributed by atoms with Crippen LogP contribution in [0.3, 0.4) is 0 Å². The van der Waals surface area contributed by atoms with E-state index in [0.717, 1.165) is 11.3 Å². The Morgan fingerprint density at radius 2 is 2.10 bits per heavy atom. The maximum absolute atomic E-state index is 12.0. The second kappa shape index (κ2) is 9.19. The predicted octanol–water partition coefficient (Wildman–Crippen LogP) is 2.62. The Kier molecular flexibility index (Phi) is 7.54. The molecule has 4 nitrogen and oxygen atoms in total. The van der Waals surface area contributed by atoms with E-state index in [2.05, 4.69) is 5.32 Å². The monoisotopic (exact) mass is 291 g/mol. The molecule has 0 aliphatic carbocycles. The Morgan fingerprint density at radius 1 is 1.38 bits per heavy atom. The van der Waals surface area contributed by atoms with Gasteiger partial charge in [0, 0.05) is 24.3 Å². The van der Waals surface area contributed by atoms with Gasteiger partial charge >= 0.3 is 0 Å². The maximum atomic E-state index is 12.0. The summed E-state index contributed by atoms with van der Waals surface area (Å²) >= 11 is 0. The van der Waals surface area contributed by atoms with Crippen LogP contribution >= 0.6 is 0 Å². The first-order valence-electron chi connectivity index (χ1n) is 7.39. The lowest BCUT2D eigenvalue weighted by molar-refractivity contribution is -0.117. The molecule has 4 heteroatoms. The van der Waals surface area contributed by atoms with E-state index < -0.39 is 0 Å². The van der Waals surface area contributed by atoms with Gasteiger partial charge in [-0.1, -0.05) is 32.0 Å². The summed E-state index contributed by atoms with van der Waals surface area (Å²) in [5.41, 5.74) is 0.873. The van der Waals surface area contributed by atoms with E-state index in [-0.39, 0.29) is 24.5 Å². The molecule has 1 atom stereocenters. The number of hydrogen-bond donors (Lipinski definition) is 2. The van der Waals surface area contributed by atoms with Crippen molar-refractivity contribution < 1.29 is 14.6 Å². The standard InChI is InChI=1S/C17H25NO3/c1-4-21-16-8-6-5-7-14(16)9-10-17(20)18-15(11-12-19)13(2)3/h5-10,13,15,19H,4,11-12H2,1-3H3,(H,18,20)/b10-9+. The van der Waals surface area contributed by atoms with E-state index in [0.29, 0.717) is 13.0 Å². The highest BCUT2D eigenvalue weighted by atomic mass is 16.5. The molecule has 1 aromatic carbocycles. The van der Waals surface area contributed by atoms with Gasteiger partial charge in [0.05, 0.1) is 6.61 Å². The van der Waals surface area contributed by atoms with E-state index in [1.807, 2.05) is 45.0 Å². The fourth-order valence-electron chi connectivity index (χ4n) is 2.01. The molecular formula is C17H25NO3. The van der Waals surface area contributed by atoms with Crippen molar-refractivity contribution in [3.8, 4) is 5.75 Å². The number of nitrogens with one attached hydrogen (secondary N) is 1. The minimum Gasteiger partial charge on any atom is -0.493 e. The number of aliphatic hydroxyl groups excluding tert-OH is 1. The van der Waals surface area contributed by atoms with E-state index in [1.54, 1.807) is 6.08 Å². The summed E-state index contributed by atoms with van der Waals surface area (Å²) in [7, 11) is 0. The highest BCUT2D eigenvalue weighted by Crippen LogP contribution is 2.19. The minimum absolute atomic E-state index is 0.0192. The fraction of sp³-hybridized carbons (Fsp3) is 0.471. The zero-order valence-corrected chi connectivity index (χ0v) is 13.0. The number of hydrogen-bond acceptors (Lipinski definition) is 3. The van der Waals surface area contributed by atoms with Crippen LogP contribution in [0.1, 0.15) is 32.8 Å². The van der Waals surface area contributed by atoms with Gasteiger partial charge in [-0.25, -0.2) is 0 Å². The summed E-state index contributed by atoms with van der Waals surface area (Å²) in [5, 5.41) is 11.9. The van der Waals surface area contributed by atoms with Crippen molar-refractivity contribution in [2.75, 3.05) is 13.2 Å². The van der Waals surface area contributed by atoms with Crippen molar-refractivity contribution in [1.82, 2.24) is 5.32 Å². The van der Waals surface area contributed by atoms with Gasteiger partial charge in [0.1, 0.15) is 5.75 Å². The first-order chi connectivity index (χ1) is 10.1. The molecule has 2 N–H and O–H groups in total. The molecule has 21 heavy (non-hydrogen) atoms. The Balaban J connectivity index is 2.69. The topological polar surface area (TPSA) is 58.6 Å². The molecule has 1 aromatic rings. The van der Waals surface area contributed by atoms with E-state index >= 15 is 0 Å². The van der Waals surface area contributed by atoms with Crippen molar-refractivity contribution >= 4 is 12.0 Å². The lowest BCUT2D eigenvalue weighted by atomic mass is 10.0. The van der Waals surface area contributed by atoms with Crippen LogP contribution in [0.25, 0.3) is 6.08 Å². The zero-order chi connectivity index (χ0) is 15.7. The summed E-state index contributed by atoms with van der Waals surface area (Å²) in [4.78, 5) is 12.0. The highest BCUT2D eigenvalue weighted by Gasteiger charge is 2.14. The third-order valence-electron chi connectivity index (χ3n) is 3.21. The number of carbonyl (C=O) groups excluding carboxylic acids is 1. The molecule has 0 aliphatic rings. The maximum Gasteiger partial charge on any atom is 0.244 e. The molecule has 0 aromatic heterocycles. The van der Waals surface area contributed by atoms with Gasteiger partial charge in [-0.2, -0.15) is 0 Å². The number of para-hydroxylation sites is 1. The van der Waals surface area contributed by atoms with Crippen LogP contribution in [0.4, 0.5) is 0 Å². The number of rotatable bonds is 8. The lowest BCUT2D eigenvalue weighted by Gasteiger charge is -2.20. The normalized spacial score (nSPS) is 12.6. The largest absolute Gasteiger partial charge is 0.493 e. The van der Waals surface area contributed by atoms with Crippen LogP contribution in [0.15, 0.2) is 30.3 Å². The average molecular weight is 291 g/mol. The Labute approximate surface area is 126 Å². The molecule has 0 fully saturated rings. The van der Waals surface area contributed by atoms with Crippen LogP contribution in [0, 0.1) is 5.92 Å². The van der Waals surface area contributed by atoms with Gasteiger partial charge in [0.2, 0.25) is 5.91 Å². The van der Waals surface area contributed by atoms with Gasteiger partial charge < -0.3 is 15.2 Å². The summed E-state index contributed by atoms with van der Waals surface area (Å²) < 4.78 is 5.51. The van der Waals surface area contributed by atoms with E-state index in [1.165, 1.54) is 6.08 Å². The van der Waals surface area contributed by atoms with Crippen LogP contribution < -0.4 is 10.1 Å². The van der Waals surface area contributed by atoms with Crippen molar-refractivity contribution in [2.45, 2.75) is 33.2 Å². The van der Waals surface area contributed by atoms with Gasteiger partial charge in [-0.15, -0.1) is 0 Å². The summed E-state index contributed by atoms with van der Waals surface area (Å²) in [6.45, 7) is 6.63. The second-order valence-corrected chi connectivity index (χ2v) is 5.18. The van der Waals surface area contributed by atoms with Gasteiger partial charge in [0.15, 0.2) is 0 Å².